The van der Waals surface area contributed by atoms with Crippen LogP contribution in [0, 0.1) is 0 Å². The lowest BCUT2D eigenvalue weighted by molar-refractivity contribution is 0.0934. The van der Waals surface area contributed by atoms with Crippen molar-refractivity contribution in [3.05, 3.63) is 52.8 Å². The molecule has 2 rings (SSSR count). The Morgan fingerprint density at radius 2 is 2.10 bits per heavy atom. The molecule has 0 saturated carbocycles. The summed E-state index contributed by atoms with van der Waals surface area (Å²) in [4.78, 5) is 16.1. The topological polar surface area (TPSA) is 54.0 Å². The van der Waals surface area contributed by atoms with Crippen molar-refractivity contribution >= 4 is 33.2 Å². The molecule has 1 amide bonds. The van der Waals surface area contributed by atoms with Crippen molar-refractivity contribution in [3.63, 3.8) is 0 Å². The van der Waals surface area contributed by atoms with Crippen molar-refractivity contribution in [1.82, 2.24) is 10.3 Å². The fraction of sp³-hybridized carbons (Fsp3) is 0.250. The number of anilines is 2. The Labute approximate surface area is 133 Å². The van der Waals surface area contributed by atoms with Crippen LogP contribution < -0.4 is 10.6 Å². The first-order valence-electron chi connectivity index (χ1n) is 6.88. The summed E-state index contributed by atoms with van der Waals surface area (Å²) in [6, 6.07) is 11.6. The largest absolute Gasteiger partial charge is 0.354 e. The van der Waals surface area contributed by atoms with Gasteiger partial charge in [-0.3, -0.25) is 4.79 Å². The third kappa shape index (κ3) is 4.56. The number of carbonyl (C=O) groups excluding carboxylic acids is 1. The summed E-state index contributed by atoms with van der Waals surface area (Å²) >= 11 is 3.43. The smallest absolute Gasteiger partial charge is 0.270 e. The summed E-state index contributed by atoms with van der Waals surface area (Å²) in [7, 11) is 0. The maximum absolute atomic E-state index is 11.9. The lowest BCUT2D eigenvalue weighted by Gasteiger charge is -2.11. The third-order valence-corrected chi connectivity index (χ3v) is 3.59. The number of pyridine rings is 1. The van der Waals surface area contributed by atoms with Gasteiger partial charge in [-0.05, 0) is 43.7 Å². The van der Waals surface area contributed by atoms with E-state index in [9.17, 15) is 4.79 Å². The fourth-order valence-electron chi connectivity index (χ4n) is 1.73. The van der Waals surface area contributed by atoms with Crippen LogP contribution in [-0.2, 0) is 0 Å². The maximum atomic E-state index is 11.9. The number of halogens is 1. The molecule has 21 heavy (non-hydrogen) atoms. The molecule has 1 heterocycles. The summed E-state index contributed by atoms with van der Waals surface area (Å²) < 4.78 is 1.00. The van der Waals surface area contributed by atoms with E-state index in [0.717, 1.165) is 22.3 Å². The highest BCUT2D eigenvalue weighted by Gasteiger charge is 2.09. The van der Waals surface area contributed by atoms with Gasteiger partial charge >= 0.3 is 0 Å². The van der Waals surface area contributed by atoms with Crippen LogP contribution in [0.2, 0.25) is 0 Å². The van der Waals surface area contributed by atoms with Crippen molar-refractivity contribution in [3.8, 4) is 0 Å². The molecule has 0 saturated heterocycles. The van der Waals surface area contributed by atoms with Gasteiger partial charge in [-0.2, -0.15) is 0 Å². The summed E-state index contributed by atoms with van der Waals surface area (Å²) in [5.41, 5.74) is 2.23. The highest BCUT2D eigenvalue weighted by molar-refractivity contribution is 9.10. The summed E-state index contributed by atoms with van der Waals surface area (Å²) in [5.74, 6) is -0.140. The van der Waals surface area contributed by atoms with Crippen LogP contribution in [0.5, 0.6) is 0 Å². The lowest BCUT2D eigenvalue weighted by atomic mass is 10.2. The zero-order valence-corrected chi connectivity index (χ0v) is 13.6. The molecule has 1 aromatic heterocycles. The van der Waals surface area contributed by atoms with Crippen LogP contribution in [0.15, 0.2) is 47.1 Å². The number of carbonyl (C=O) groups is 1. The number of amides is 1. The lowest BCUT2D eigenvalue weighted by Crippen LogP contribution is -2.32. The second-order valence-electron chi connectivity index (χ2n) is 4.85. The molecular formula is C16H18BrN3O. The molecule has 0 aliphatic heterocycles. The number of nitrogens with one attached hydrogen (secondary N) is 2. The summed E-state index contributed by atoms with van der Waals surface area (Å²) in [6.07, 6.45) is 2.56. The van der Waals surface area contributed by atoms with Gasteiger partial charge in [0.15, 0.2) is 0 Å². The molecule has 0 spiro atoms. The molecule has 1 atom stereocenters. The van der Waals surface area contributed by atoms with Gasteiger partial charge in [-0.1, -0.05) is 28.9 Å². The number of rotatable bonds is 5. The molecule has 0 bridgehead atoms. The quantitative estimate of drug-likeness (QED) is 0.855. The van der Waals surface area contributed by atoms with Crippen LogP contribution >= 0.6 is 15.9 Å². The Hall–Kier alpha value is -1.88. The van der Waals surface area contributed by atoms with E-state index in [-0.39, 0.29) is 11.9 Å². The van der Waals surface area contributed by atoms with E-state index >= 15 is 0 Å². The average molecular weight is 348 g/mol. The monoisotopic (exact) mass is 347 g/mol. The summed E-state index contributed by atoms with van der Waals surface area (Å²) in [5, 5.41) is 6.13. The normalized spacial score (nSPS) is 11.8. The molecule has 0 aliphatic rings. The fourth-order valence-corrected chi connectivity index (χ4v) is 2.13. The Bertz CT molecular complexity index is 613. The molecule has 2 aromatic rings. The Kier molecular flexibility index (Phi) is 5.33. The zero-order valence-electron chi connectivity index (χ0n) is 12.1. The number of hydrogen-bond donors (Lipinski definition) is 2. The molecular weight excluding hydrogens is 330 g/mol. The van der Waals surface area contributed by atoms with E-state index in [0.29, 0.717) is 5.69 Å². The minimum atomic E-state index is -0.140. The van der Waals surface area contributed by atoms with E-state index in [2.05, 4.69) is 31.5 Å². The molecule has 110 valence electrons. The van der Waals surface area contributed by atoms with Gasteiger partial charge < -0.3 is 10.6 Å². The van der Waals surface area contributed by atoms with Gasteiger partial charge in [0.2, 0.25) is 0 Å². The zero-order chi connectivity index (χ0) is 15.2. The standard InChI is InChI=1S/C16H18BrN3O/c1-3-11(2)19-16(21)15-8-7-14(10-18-15)20-13-6-4-5-12(17)9-13/h4-11,20H,3H2,1-2H3,(H,19,21). The van der Waals surface area contributed by atoms with Crippen LogP contribution in [-0.4, -0.2) is 16.9 Å². The second-order valence-corrected chi connectivity index (χ2v) is 5.77. The molecule has 1 aromatic carbocycles. The first-order valence-corrected chi connectivity index (χ1v) is 7.67. The second kappa shape index (κ2) is 7.22. The van der Waals surface area contributed by atoms with Crippen LogP contribution in [0.4, 0.5) is 11.4 Å². The van der Waals surface area contributed by atoms with Crippen molar-refractivity contribution < 1.29 is 4.79 Å². The molecule has 2 N–H and O–H groups in total. The Morgan fingerprint density at radius 3 is 2.71 bits per heavy atom. The Balaban J connectivity index is 2.03. The SMILES string of the molecule is CCC(C)NC(=O)c1ccc(Nc2cccc(Br)c2)cn1. The molecule has 4 nitrogen and oxygen atoms in total. The minimum absolute atomic E-state index is 0.140. The summed E-state index contributed by atoms with van der Waals surface area (Å²) in [6.45, 7) is 4.00. The molecule has 0 aliphatic carbocycles. The predicted octanol–water partition coefficient (Wildman–Crippen LogP) is 4.12. The van der Waals surface area contributed by atoms with E-state index in [1.807, 2.05) is 44.2 Å². The minimum Gasteiger partial charge on any atom is -0.354 e. The molecule has 5 heteroatoms. The third-order valence-electron chi connectivity index (χ3n) is 3.10. The van der Waals surface area contributed by atoms with Crippen molar-refractivity contribution in [2.75, 3.05) is 5.32 Å². The van der Waals surface area contributed by atoms with Gasteiger partial charge in [-0.25, -0.2) is 4.98 Å². The van der Waals surface area contributed by atoms with Gasteiger partial charge in [0.05, 0.1) is 11.9 Å². The number of aromatic nitrogens is 1. The van der Waals surface area contributed by atoms with E-state index < -0.39 is 0 Å². The van der Waals surface area contributed by atoms with Gasteiger partial charge in [-0.15, -0.1) is 0 Å². The molecule has 1 unspecified atom stereocenters. The average Bonchev–Trinajstić information content (AvgIpc) is 2.47. The number of nitrogens with zero attached hydrogens (tertiary/aromatic N) is 1. The van der Waals surface area contributed by atoms with Gasteiger partial charge in [0.1, 0.15) is 5.69 Å². The number of hydrogen-bond acceptors (Lipinski definition) is 3. The van der Waals surface area contributed by atoms with Gasteiger partial charge in [0, 0.05) is 16.2 Å². The van der Waals surface area contributed by atoms with Crippen molar-refractivity contribution in [2.24, 2.45) is 0 Å². The van der Waals surface area contributed by atoms with E-state index in [1.165, 1.54) is 0 Å². The van der Waals surface area contributed by atoms with Crippen LogP contribution in [0.1, 0.15) is 30.8 Å². The first kappa shape index (κ1) is 15.5. The number of benzene rings is 1. The highest BCUT2D eigenvalue weighted by Crippen LogP contribution is 2.20. The van der Waals surface area contributed by atoms with Crippen LogP contribution in [0.3, 0.4) is 0 Å². The first-order chi connectivity index (χ1) is 10.1. The van der Waals surface area contributed by atoms with E-state index in [4.69, 9.17) is 0 Å². The van der Waals surface area contributed by atoms with Crippen molar-refractivity contribution in [1.29, 1.82) is 0 Å². The maximum Gasteiger partial charge on any atom is 0.270 e. The Morgan fingerprint density at radius 1 is 1.29 bits per heavy atom. The van der Waals surface area contributed by atoms with Crippen molar-refractivity contribution in [2.45, 2.75) is 26.3 Å². The molecule has 0 fully saturated rings. The highest BCUT2D eigenvalue weighted by atomic mass is 79.9. The van der Waals surface area contributed by atoms with Crippen LogP contribution in [0.25, 0.3) is 0 Å². The van der Waals surface area contributed by atoms with E-state index in [1.54, 1.807) is 12.3 Å². The molecule has 0 radical (unpaired) electrons. The predicted molar refractivity (Wildman–Crippen MR) is 88.9 cm³/mol. The van der Waals surface area contributed by atoms with Gasteiger partial charge in [0.25, 0.3) is 5.91 Å².